The highest BCUT2D eigenvalue weighted by Crippen LogP contribution is 2.40. The van der Waals surface area contributed by atoms with Crippen molar-refractivity contribution in [1.82, 2.24) is 10.2 Å². The van der Waals surface area contributed by atoms with Crippen LogP contribution in [-0.4, -0.2) is 51.5 Å². The van der Waals surface area contributed by atoms with Crippen LogP contribution in [0.5, 0.6) is 11.5 Å². The van der Waals surface area contributed by atoms with Crippen LogP contribution in [0.15, 0.2) is 16.6 Å². The number of benzene rings is 1. The second kappa shape index (κ2) is 9.85. The number of piperazine rings is 1. The summed E-state index contributed by atoms with van der Waals surface area (Å²) in [5, 5.41) is 3.23. The Balaban J connectivity index is 0.00000312. The highest BCUT2D eigenvalue weighted by molar-refractivity contribution is 9.10. The molecule has 1 atom stereocenters. The number of hydrogen-bond donors (Lipinski definition) is 1. The Morgan fingerprint density at radius 1 is 1.16 bits per heavy atom. The maximum atomic E-state index is 12.8. The molecule has 1 N–H and O–H groups in total. The highest BCUT2D eigenvalue weighted by atomic mass is 79.9. The molecule has 144 valence electrons. The van der Waals surface area contributed by atoms with Gasteiger partial charge in [-0.2, -0.15) is 13.2 Å². The van der Waals surface area contributed by atoms with Gasteiger partial charge in [-0.1, -0.05) is 15.9 Å². The summed E-state index contributed by atoms with van der Waals surface area (Å²) in [7, 11) is 3.05. The lowest BCUT2D eigenvalue weighted by atomic mass is 9.98. The summed E-state index contributed by atoms with van der Waals surface area (Å²) in [5.41, 5.74) is 0.791. The van der Waals surface area contributed by atoms with Gasteiger partial charge in [0, 0.05) is 43.1 Å². The molecule has 0 unspecified atom stereocenters. The minimum atomic E-state index is -4.17. The van der Waals surface area contributed by atoms with Crippen LogP contribution in [0.4, 0.5) is 13.2 Å². The molecular formula is C16H23BrClF3N2O2. The SMILES string of the molecule is COc1cc(Br)c([C@@H](CCC(F)(F)F)N2CCNCC2)cc1OC.Cl. The Labute approximate surface area is 160 Å². The summed E-state index contributed by atoms with van der Waals surface area (Å²) in [5.74, 6) is 1.06. The molecular weight excluding hydrogens is 425 g/mol. The average Bonchev–Trinajstić information content (AvgIpc) is 2.55. The number of nitrogens with zero attached hydrogens (tertiary/aromatic N) is 1. The van der Waals surface area contributed by atoms with E-state index in [2.05, 4.69) is 26.1 Å². The average molecular weight is 448 g/mol. The third kappa shape index (κ3) is 6.20. The van der Waals surface area contributed by atoms with Gasteiger partial charge in [0.25, 0.3) is 0 Å². The van der Waals surface area contributed by atoms with Crippen molar-refractivity contribution in [2.45, 2.75) is 25.1 Å². The van der Waals surface area contributed by atoms with Gasteiger partial charge in [0.1, 0.15) is 0 Å². The quantitative estimate of drug-likeness (QED) is 0.709. The van der Waals surface area contributed by atoms with E-state index in [1.54, 1.807) is 12.1 Å². The van der Waals surface area contributed by atoms with Gasteiger partial charge in [0.05, 0.1) is 14.2 Å². The minimum Gasteiger partial charge on any atom is -0.493 e. The van der Waals surface area contributed by atoms with Gasteiger partial charge in [-0.05, 0) is 24.1 Å². The number of nitrogens with one attached hydrogen (secondary N) is 1. The fraction of sp³-hybridized carbons (Fsp3) is 0.625. The molecule has 1 aromatic carbocycles. The van der Waals surface area contributed by atoms with Crippen molar-refractivity contribution in [2.75, 3.05) is 40.4 Å². The fourth-order valence-electron chi connectivity index (χ4n) is 2.95. The Morgan fingerprint density at radius 2 is 1.72 bits per heavy atom. The van der Waals surface area contributed by atoms with Crippen molar-refractivity contribution in [3.63, 3.8) is 0 Å². The zero-order valence-electron chi connectivity index (χ0n) is 14.2. The van der Waals surface area contributed by atoms with Crippen molar-refractivity contribution >= 4 is 28.3 Å². The topological polar surface area (TPSA) is 33.7 Å². The van der Waals surface area contributed by atoms with Crippen molar-refractivity contribution in [3.05, 3.63) is 22.2 Å². The van der Waals surface area contributed by atoms with E-state index in [9.17, 15) is 13.2 Å². The third-order valence-corrected chi connectivity index (χ3v) is 4.84. The summed E-state index contributed by atoms with van der Waals surface area (Å²) in [6.45, 7) is 2.97. The smallest absolute Gasteiger partial charge is 0.389 e. The maximum absolute atomic E-state index is 12.8. The zero-order chi connectivity index (χ0) is 17.7. The number of alkyl halides is 3. The van der Waals surface area contributed by atoms with Crippen LogP contribution >= 0.6 is 28.3 Å². The van der Waals surface area contributed by atoms with E-state index in [1.165, 1.54) is 14.2 Å². The zero-order valence-corrected chi connectivity index (χ0v) is 16.6. The van der Waals surface area contributed by atoms with Crippen LogP contribution in [0.3, 0.4) is 0 Å². The molecule has 0 bridgehead atoms. The summed E-state index contributed by atoms with van der Waals surface area (Å²) in [6.07, 6.45) is -4.98. The molecule has 0 radical (unpaired) electrons. The van der Waals surface area contributed by atoms with Crippen LogP contribution in [-0.2, 0) is 0 Å². The van der Waals surface area contributed by atoms with Crippen LogP contribution in [0, 0.1) is 0 Å². The molecule has 0 aliphatic carbocycles. The summed E-state index contributed by atoms with van der Waals surface area (Å²) in [4.78, 5) is 2.09. The summed E-state index contributed by atoms with van der Waals surface area (Å²) >= 11 is 3.48. The fourth-order valence-corrected chi connectivity index (χ4v) is 3.54. The van der Waals surface area contributed by atoms with Crippen LogP contribution in [0.1, 0.15) is 24.4 Å². The molecule has 0 saturated carbocycles. The van der Waals surface area contributed by atoms with Gasteiger partial charge >= 0.3 is 6.18 Å². The minimum absolute atomic E-state index is 0. The predicted octanol–water partition coefficient (Wildman–Crippen LogP) is 4.18. The number of rotatable bonds is 6. The molecule has 1 aliphatic rings. The largest absolute Gasteiger partial charge is 0.493 e. The van der Waals surface area contributed by atoms with E-state index in [4.69, 9.17) is 9.47 Å². The van der Waals surface area contributed by atoms with Gasteiger partial charge < -0.3 is 14.8 Å². The van der Waals surface area contributed by atoms with E-state index in [1.807, 2.05) is 0 Å². The summed E-state index contributed by atoms with van der Waals surface area (Å²) in [6, 6.07) is 3.19. The van der Waals surface area contributed by atoms with E-state index in [0.29, 0.717) is 24.6 Å². The van der Waals surface area contributed by atoms with Crippen molar-refractivity contribution in [1.29, 1.82) is 0 Å². The Kier molecular flexibility index (Phi) is 8.80. The first-order valence-corrected chi connectivity index (χ1v) is 8.58. The van der Waals surface area contributed by atoms with Gasteiger partial charge in [-0.25, -0.2) is 0 Å². The Hall–Kier alpha value is -0.700. The molecule has 2 rings (SSSR count). The van der Waals surface area contributed by atoms with Crippen LogP contribution < -0.4 is 14.8 Å². The van der Waals surface area contributed by atoms with Gasteiger partial charge in [-0.15, -0.1) is 12.4 Å². The Morgan fingerprint density at radius 3 is 2.24 bits per heavy atom. The van der Waals surface area contributed by atoms with Gasteiger partial charge in [0.2, 0.25) is 0 Å². The normalized spacial score (nSPS) is 16.9. The molecule has 1 saturated heterocycles. The predicted molar refractivity (Wildman–Crippen MR) is 97.0 cm³/mol. The van der Waals surface area contributed by atoms with Crippen molar-refractivity contribution in [3.8, 4) is 11.5 Å². The van der Waals surface area contributed by atoms with E-state index >= 15 is 0 Å². The molecule has 0 amide bonds. The molecule has 1 aromatic rings. The monoisotopic (exact) mass is 446 g/mol. The molecule has 1 heterocycles. The van der Waals surface area contributed by atoms with E-state index in [-0.39, 0.29) is 24.9 Å². The second-order valence-corrected chi connectivity index (χ2v) is 6.54. The van der Waals surface area contributed by atoms with E-state index < -0.39 is 12.6 Å². The standard InChI is InChI=1S/C16H22BrF3N2O2.ClH/c1-23-14-9-11(12(17)10-15(14)24-2)13(3-4-16(18,19)20)22-7-5-21-6-8-22;/h9-10,13,21H,3-8H2,1-2H3;1H/t13-;/m1./s1. The highest BCUT2D eigenvalue weighted by Gasteiger charge is 2.32. The molecule has 4 nitrogen and oxygen atoms in total. The van der Waals surface area contributed by atoms with E-state index in [0.717, 1.165) is 23.1 Å². The van der Waals surface area contributed by atoms with Gasteiger partial charge in [-0.3, -0.25) is 4.90 Å². The first kappa shape index (κ1) is 22.3. The number of hydrogen-bond acceptors (Lipinski definition) is 4. The first-order chi connectivity index (χ1) is 11.4. The number of ether oxygens (including phenoxy) is 2. The molecule has 1 aliphatic heterocycles. The molecule has 1 fully saturated rings. The van der Waals surface area contributed by atoms with Gasteiger partial charge in [0.15, 0.2) is 11.5 Å². The second-order valence-electron chi connectivity index (χ2n) is 5.68. The van der Waals surface area contributed by atoms with Crippen molar-refractivity contribution < 1.29 is 22.6 Å². The molecule has 0 aromatic heterocycles. The number of methoxy groups -OCH3 is 2. The Bertz CT molecular complexity index is 555. The first-order valence-electron chi connectivity index (χ1n) is 7.78. The third-order valence-electron chi connectivity index (χ3n) is 4.16. The lowest BCUT2D eigenvalue weighted by Gasteiger charge is -2.36. The lowest BCUT2D eigenvalue weighted by Crippen LogP contribution is -2.45. The number of halogens is 5. The summed E-state index contributed by atoms with van der Waals surface area (Å²) < 4.78 is 49.6. The maximum Gasteiger partial charge on any atom is 0.389 e. The van der Waals surface area contributed by atoms with Crippen LogP contribution in [0.2, 0.25) is 0 Å². The lowest BCUT2D eigenvalue weighted by molar-refractivity contribution is -0.138. The molecule has 9 heteroatoms. The molecule has 0 spiro atoms. The van der Waals surface area contributed by atoms with Crippen LogP contribution in [0.25, 0.3) is 0 Å². The van der Waals surface area contributed by atoms with Crippen molar-refractivity contribution in [2.24, 2.45) is 0 Å². The molecule has 25 heavy (non-hydrogen) atoms.